The molecule has 0 atom stereocenters. The molecule has 0 spiro atoms. The Bertz CT molecular complexity index is 347. The van der Waals surface area contributed by atoms with Crippen LogP contribution < -0.4 is 4.74 Å². The zero-order chi connectivity index (χ0) is 10.9. The van der Waals surface area contributed by atoms with E-state index in [2.05, 4.69) is 19.0 Å². The monoisotopic (exact) mass is 204 g/mol. The maximum atomic E-state index is 5.15. The van der Waals surface area contributed by atoms with E-state index in [1.165, 1.54) is 0 Å². The van der Waals surface area contributed by atoms with Crippen LogP contribution in [0.4, 0.5) is 0 Å². The summed E-state index contributed by atoms with van der Waals surface area (Å²) in [6, 6.07) is 7.62. The van der Waals surface area contributed by atoms with Crippen LogP contribution in [0.2, 0.25) is 0 Å². The molecule has 0 saturated heterocycles. The van der Waals surface area contributed by atoms with Crippen LogP contribution in [0.5, 0.6) is 5.75 Å². The van der Waals surface area contributed by atoms with E-state index >= 15 is 0 Å². The third kappa shape index (κ3) is 4.42. The molecule has 0 aliphatic carbocycles. The summed E-state index contributed by atoms with van der Waals surface area (Å²) in [7, 11) is 1.64. The first kappa shape index (κ1) is 11.5. The van der Waals surface area contributed by atoms with Crippen LogP contribution in [0, 0.1) is 12.0 Å². The van der Waals surface area contributed by atoms with Crippen LogP contribution in [-0.4, -0.2) is 13.7 Å². The molecule has 2 heteroatoms. The van der Waals surface area contributed by atoms with Gasteiger partial charge in [0.25, 0.3) is 0 Å². The molecule has 0 unspecified atom stereocenters. The molecule has 15 heavy (non-hydrogen) atoms. The van der Waals surface area contributed by atoms with Crippen molar-refractivity contribution in [1.82, 2.24) is 0 Å². The number of rotatable bonds is 4. The molecule has 0 radical (unpaired) electrons. The van der Waals surface area contributed by atoms with Gasteiger partial charge in [0.2, 0.25) is 0 Å². The third-order valence-corrected chi connectivity index (χ3v) is 1.94. The van der Waals surface area contributed by atoms with E-state index < -0.39 is 0 Å². The van der Waals surface area contributed by atoms with E-state index in [0.717, 1.165) is 24.2 Å². The fraction of sp³-hybridized carbons (Fsp3) is 0.385. The lowest BCUT2D eigenvalue weighted by Crippen LogP contribution is -1.86. The minimum Gasteiger partial charge on any atom is -0.497 e. The first-order valence-electron chi connectivity index (χ1n) is 5.13. The predicted molar refractivity (Wildman–Crippen MR) is 60.7 cm³/mol. The molecular weight excluding hydrogens is 188 g/mol. The SMILES string of the molecule is CCCCOC#Cc1cccc(OC)c1. The van der Waals surface area contributed by atoms with Gasteiger partial charge < -0.3 is 9.47 Å². The zero-order valence-electron chi connectivity index (χ0n) is 9.25. The number of hydrogen-bond donors (Lipinski definition) is 0. The van der Waals surface area contributed by atoms with Gasteiger partial charge >= 0.3 is 0 Å². The molecule has 0 aliphatic heterocycles. The summed E-state index contributed by atoms with van der Waals surface area (Å²) in [6.07, 6.45) is 4.86. The van der Waals surface area contributed by atoms with Crippen molar-refractivity contribution < 1.29 is 9.47 Å². The van der Waals surface area contributed by atoms with Crippen LogP contribution in [0.25, 0.3) is 0 Å². The number of benzene rings is 1. The van der Waals surface area contributed by atoms with Crippen molar-refractivity contribution in [2.45, 2.75) is 19.8 Å². The van der Waals surface area contributed by atoms with Crippen LogP contribution in [0.3, 0.4) is 0 Å². The Kier molecular flexibility index (Phi) is 5.18. The number of hydrogen-bond acceptors (Lipinski definition) is 2. The Morgan fingerprint density at radius 1 is 1.33 bits per heavy atom. The molecule has 1 aromatic carbocycles. The van der Waals surface area contributed by atoms with E-state index in [1.54, 1.807) is 7.11 Å². The lowest BCUT2D eigenvalue weighted by Gasteiger charge is -1.98. The Balaban J connectivity index is 2.48. The molecule has 0 aliphatic rings. The van der Waals surface area contributed by atoms with Crippen LogP contribution in [0.15, 0.2) is 24.3 Å². The second kappa shape index (κ2) is 6.78. The minimum absolute atomic E-state index is 0.702. The summed E-state index contributed by atoms with van der Waals surface area (Å²) in [5.41, 5.74) is 0.908. The Morgan fingerprint density at radius 3 is 2.93 bits per heavy atom. The largest absolute Gasteiger partial charge is 0.497 e. The van der Waals surface area contributed by atoms with Crippen molar-refractivity contribution in [3.8, 4) is 17.8 Å². The van der Waals surface area contributed by atoms with Crippen molar-refractivity contribution >= 4 is 0 Å². The molecule has 0 heterocycles. The fourth-order valence-electron chi connectivity index (χ4n) is 1.06. The smallest absolute Gasteiger partial charge is 0.120 e. The summed E-state index contributed by atoms with van der Waals surface area (Å²) in [6.45, 7) is 2.83. The van der Waals surface area contributed by atoms with Crippen molar-refractivity contribution in [3.63, 3.8) is 0 Å². The maximum absolute atomic E-state index is 5.15. The number of methoxy groups -OCH3 is 1. The molecule has 0 amide bonds. The normalized spacial score (nSPS) is 8.93. The maximum Gasteiger partial charge on any atom is 0.120 e. The first-order chi connectivity index (χ1) is 7.36. The summed E-state index contributed by atoms with van der Waals surface area (Å²) >= 11 is 0. The van der Waals surface area contributed by atoms with E-state index in [-0.39, 0.29) is 0 Å². The molecular formula is C13H16O2. The van der Waals surface area contributed by atoms with Crippen molar-refractivity contribution in [3.05, 3.63) is 29.8 Å². The van der Waals surface area contributed by atoms with E-state index in [9.17, 15) is 0 Å². The lowest BCUT2D eigenvalue weighted by atomic mass is 10.2. The van der Waals surface area contributed by atoms with Crippen LogP contribution >= 0.6 is 0 Å². The molecule has 0 bridgehead atoms. The van der Waals surface area contributed by atoms with E-state index in [0.29, 0.717) is 6.61 Å². The fourth-order valence-corrected chi connectivity index (χ4v) is 1.06. The highest BCUT2D eigenvalue weighted by Crippen LogP contribution is 2.11. The summed E-state index contributed by atoms with van der Waals surface area (Å²) in [4.78, 5) is 0. The van der Waals surface area contributed by atoms with Gasteiger partial charge in [-0.15, -0.1) is 0 Å². The molecule has 0 aromatic heterocycles. The number of unbranched alkanes of at least 4 members (excludes halogenated alkanes) is 1. The lowest BCUT2D eigenvalue weighted by molar-refractivity contribution is 0.271. The quantitative estimate of drug-likeness (QED) is 0.554. The van der Waals surface area contributed by atoms with Gasteiger partial charge in [-0.05, 0) is 30.5 Å². The second-order valence-electron chi connectivity index (χ2n) is 3.16. The molecule has 0 N–H and O–H groups in total. The molecule has 1 aromatic rings. The van der Waals surface area contributed by atoms with E-state index in [1.807, 2.05) is 24.3 Å². The molecule has 1 rings (SSSR count). The number of ether oxygens (including phenoxy) is 2. The average Bonchev–Trinajstić information content (AvgIpc) is 2.29. The Morgan fingerprint density at radius 2 is 2.20 bits per heavy atom. The van der Waals surface area contributed by atoms with Gasteiger partial charge in [-0.1, -0.05) is 19.4 Å². The van der Waals surface area contributed by atoms with Gasteiger partial charge in [0.15, 0.2) is 0 Å². The highest BCUT2D eigenvalue weighted by Gasteiger charge is 1.90. The zero-order valence-corrected chi connectivity index (χ0v) is 9.25. The molecule has 0 saturated carbocycles. The predicted octanol–water partition coefficient (Wildman–Crippen LogP) is 2.82. The summed E-state index contributed by atoms with van der Waals surface area (Å²) in [5.74, 6) is 3.74. The van der Waals surface area contributed by atoms with Gasteiger partial charge in [0.05, 0.1) is 7.11 Å². The highest BCUT2D eigenvalue weighted by atomic mass is 16.5. The van der Waals surface area contributed by atoms with Crippen molar-refractivity contribution in [2.75, 3.05) is 13.7 Å². The van der Waals surface area contributed by atoms with Gasteiger partial charge in [-0.2, -0.15) is 0 Å². The third-order valence-electron chi connectivity index (χ3n) is 1.94. The summed E-state index contributed by atoms with van der Waals surface area (Å²) < 4.78 is 10.2. The summed E-state index contributed by atoms with van der Waals surface area (Å²) in [5, 5.41) is 0. The molecule has 80 valence electrons. The van der Waals surface area contributed by atoms with Gasteiger partial charge in [-0.25, -0.2) is 0 Å². The van der Waals surface area contributed by atoms with Crippen molar-refractivity contribution in [1.29, 1.82) is 0 Å². The van der Waals surface area contributed by atoms with Gasteiger partial charge in [-0.3, -0.25) is 0 Å². The van der Waals surface area contributed by atoms with Gasteiger partial charge in [0.1, 0.15) is 18.5 Å². The van der Waals surface area contributed by atoms with Crippen LogP contribution in [-0.2, 0) is 4.74 Å². The topological polar surface area (TPSA) is 18.5 Å². The Labute approximate surface area is 91.2 Å². The van der Waals surface area contributed by atoms with Crippen molar-refractivity contribution in [2.24, 2.45) is 0 Å². The van der Waals surface area contributed by atoms with Gasteiger partial charge in [0, 0.05) is 5.56 Å². The standard InChI is InChI=1S/C13H16O2/c1-3-4-9-15-10-8-12-6-5-7-13(11-12)14-2/h5-7,11H,3-4,9H2,1-2H3. The highest BCUT2D eigenvalue weighted by molar-refractivity contribution is 5.38. The minimum atomic E-state index is 0.702. The first-order valence-corrected chi connectivity index (χ1v) is 5.13. The molecule has 0 fully saturated rings. The van der Waals surface area contributed by atoms with Crippen LogP contribution in [0.1, 0.15) is 25.3 Å². The molecule has 2 nitrogen and oxygen atoms in total. The second-order valence-corrected chi connectivity index (χ2v) is 3.16. The van der Waals surface area contributed by atoms with E-state index in [4.69, 9.17) is 9.47 Å². The Hall–Kier alpha value is -1.62. The average molecular weight is 204 g/mol.